The van der Waals surface area contributed by atoms with Crippen LogP contribution in [0.25, 0.3) is 0 Å². The Kier molecular flexibility index (Phi) is 6.85. The van der Waals surface area contributed by atoms with Gasteiger partial charge >= 0.3 is 5.96 Å². The summed E-state index contributed by atoms with van der Waals surface area (Å²) in [7, 11) is 0. The topological polar surface area (TPSA) is 106 Å². The highest BCUT2D eigenvalue weighted by Crippen LogP contribution is 2.09. The van der Waals surface area contributed by atoms with E-state index in [1.54, 1.807) is 0 Å². The molecular weight excluding hydrogens is 238 g/mol. The zero-order valence-corrected chi connectivity index (χ0v) is 10.5. The summed E-state index contributed by atoms with van der Waals surface area (Å²) < 4.78 is 0. The second kappa shape index (κ2) is 8.51. The van der Waals surface area contributed by atoms with Gasteiger partial charge in [0.1, 0.15) is 5.16 Å². The van der Waals surface area contributed by atoms with Gasteiger partial charge in [-0.3, -0.25) is 0 Å². The lowest BCUT2D eigenvalue weighted by Gasteiger charge is -2.24. The lowest BCUT2D eigenvalue weighted by molar-refractivity contribution is -0.760. The molecular formula is C10H21N5O3. The van der Waals surface area contributed by atoms with Crippen molar-refractivity contribution < 1.29 is 10.0 Å². The van der Waals surface area contributed by atoms with Crippen molar-refractivity contribution in [2.24, 2.45) is 10.9 Å². The molecule has 0 radical (unpaired) electrons. The zero-order chi connectivity index (χ0) is 13.2. The van der Waals surface area contributed by atoms with E-state index in [4.69, 9.17) is 5.73 Å². The first-order valence-electron chi connectivity index (χ1n) is 6.29. The Labute approximate surface area is 106 Å². The van der Waals surface area contributed by atoms with Gasteiger partial charge in [-0.05, 0) is 25.9 Å². The number of nitrogens with one attached hydrogen (secondary N) is 1. The van der Waals surface area contributed by atoms with Gasteiger partial charge in [0.05, 0.1) is 0 Å². The predicted octanol–water partition coefficient (Wildman–Crippen LogP) is 0.280. The molecule has 3 N–H and O–H groups in total. The predicted molar refractivity (Wildman–Crippen MR) is 67.2 cm³/mol. The molecule has 0 aromatic rings. The van der Waals surface area contributed by atoms with Crippen LogP contribution in [-0.2, 0) is 4.94 Å². The average Bonchev–Trinajstić information content (AvgIpc) is 2.29. The standard InChI is InChI=1S/C10H21N5O3/c11-10(13-18-15(16)17)12-6-9-14-7-4-2-1-3-5-8-14/h1-9H2,(H3,11,12,13). The fraction of sp³-hybridized carbons (Fsp3) is 0.900. The van der Waals surface area contributed by atoms with Crippen molar-refractivity contribution >= 4 is 5.96 Å². The molecule has 1 saturated heterocycles. The van der Waals surface area contributed by atoms with Crippen molar-refractivity contribution in [3.05, 3.63) is 10.1 Å². The van der Waals surface area contributed by atoms with Crippen molar-refractivity contribution in [3.8, 4) is 0 Å². The van der Waals surface area contributed by atoms with Crippen LogP contribution in [0.2, 0.25) is 0 Å². The number of guanidine groups is 1. The molecule has 0 spiro atoms. The molecule has 1 aliphatic heterocycles. The number of oxime groups is 1. The summed E-state index contributed by atoms with van der Waals surface area (Å²) in [5.74, 6) is -0.0706. The third kappa shape index (κ3) is 6.89. The van der Waals surface area contributed by atoms with Crippen LogP contribution in [0, 0.1) is 10.1 Å². The van der Waals surface area contributed by atoms with Crippen LogP contribution in [0.4, 0.5) is 0 Å². The molecule has 8 heteroatoms. The van der Waals surface area contributed by atoms with Crippen molar-refractivity contribution in [1.82, 2.24) is 10.2 Å². The zero-order valence-electron chi connectivity index (χ0n) is 10.5. The Morgan fingerprint density at radius 1 is 1.33 bits per heavy atom. The number of nitrogens with two attached hydrogens (primary N) is 1. The minimum atomic E-state index is -1.01. The molecule has 0 aromatic carbocycles. The summed E-state index contributed by atoms with van der Waals surface area (Å²) in [6.45, 7) is 3.67. The molecule has 0 atom stereocenters. The maximum Gasteiger partial charge on any atom is 0.340 e. The smallest absolute Gasteiger partial charge is 0.340 e. The van der Waals surface area contributed by atoms with Crippen LogP contribution in [0.5, 0.6) is 0 Å². The van der Waals surface area contributed by atoms with Crippen LogP contribution in [0.1, 0.15) is 32.1 Å². The molecule has 0 amide bonds. The monoisotopic (exact) mass is 259 g/mol. The van der Waals surface area contributed by atoms with E-state index in [9.17, 15) is 10.1 Å². The number of hydrogen-bond acceptors (Lipinski definition) is 5. The summed E-state index contributed by atoms with van der Waals surface area (Å²) in [6.07, 6.45) is 6.39. The maximum atomic E-state index is 9.88. The number of nitrogens with zero attached hydrogens (tertiary/aromatic N) is 3. The molecule has 104 valence electrons. The molecule has 18 heavy (non-hydrogen) atoms. The first-order chi connectivity index (χ1) is 8.68. The molecule has 8 nitrogen and oxygen atoms in total. The van der Waals surface area contributed by atoms with E-state index >= 15 is 0 Å². The second-order valence-corrected chi connectivity index (χ2v) is 4.32. The lowest BCUT2D eigenvalue weighted by Crippen LogP contribution is -2.39. The van der Waals surface area contributed by atoms with E-state index in [1.807, 2.05) is 0 Å². The highest BCUT2D eigenvalue weighted by Gasteiger charge is 2.08. The van der Waals surface area contributed by atoms with Gasteiger partial charge in [-0.15, -0.1) is 0 Å². The Bertz CT molecular complexity index is 277. The number of likely N-dealkylation sites (tertiary alicyclic amines) is 1. The van der Waals surface area contributed by atoms with Crippen LogP contribution >= 0.6 is 0 Å². The Balaban J connectivity index is 2.15. The van der Waals surface area contributed by atoms with E-state index in [2.05, 4.69) is 20.3 Å². The SMILES string of the molecule is N/C(=N\O[N+](=O)[O-])NCCN1CCCCCCC1. The molecule has 1 rings (SSSR count). The molecule has 0 bridgehead atoms. The van der Waals surface area contributed by atoms with Gasteiger partial charge in [0.25, 0.3) is 0 Å². The van der Waals surface area contributed by atoms with E-state index in [0.29, 0.717) is 6.54 Å². The molecule has 0 aromatic heterocycles. The van der Waals surface area contributed by atoms with Gasteiger partial charge in [0.15, 0.2) is 5.09 Å². The van der Waals surface area contributed by atoms with Gasteiger partial charge in [-0.2, -0.15) is 4.94 Å². The van der Waals surface area contributed by atoms with Gasteiger partial charge in [-0.1, -0.05) is 19.3 Å². The highest BCUT2D eigenvalue weighted by molar-refractivity contribution is 5.77. The molecule has 1 heterocycles. The molecule has 1 aliphatic rings. The molecule has 0 saturated carbocycles. The first kappa shape index (κ1) is 14.5. The first-order valence-corrected chi connectivity index (χ1v) is 6.29. The van der Waals surface area contributed by atoms with E-state index < -0.39 is 5.09 Å². The highest BCUT2D eigenvalue weighted by atomic mass is 17.0. The lowest BCUT2D eigenvalue weighted by atomic mass is 10.1. The van der Waals surface area contributed by atoms with Crippen molar-refractivity contribution in [2.45, 2.75) is 32.1 Å². The van der Waals surface area contributed by atoms with Crippen LogP contribution in [0.3, 0.4) is 0 Å². The minimum absolute atomic E-state index is 0.0706. The van der Waals surface area contributed by atoms with Crippen LogP contribution in [0.15, 0.2) is 5.16 Å². The third-order valence-electron chi connectivity index (χ3n) is 2.89. The molecule has 0 unspecified atom stereocenters. The van der Waals surface area contributed by atoms with Crippen LogP contribution in [-0.4, -0.2) is 42.1 Å². The van der Waals surface area contributed by atoms with Crippen LogP contribution < -0.4 is 11.1 Å². The Morgan fingerprint density at radius 2 is 1.94 bits per heavy atom. The summed E-state index contributed by atoms with van der Waals surface area (Å²) in [6, 6.07) is 0. The summed E-state index contributed by atoms with van der Waals surface area (Å²) in [5.41, 5.74) is 5.38. The van der Waals surface area contributed by atoms with Gasteiger partial charge in [0.2, 0.25) is 0 Å². The third-order valence-corrected chi connectivity index (χ3v) is 2.89. The molecule has 1 fully saturated rings. The van der Waals surface area contributed by atoms with E-state index in [-0.39, 0.29) is 5.96 Å². The average molecular weight is 259 g/mol. The Hall–Kier alpha value is -1.57. The van der Waals surface area contributed by atoms with E-state index in [1.165, 1.54) is 32.1 Å². The molecule has 0 aliphatic carbocycles. The normalized spacial score (nSPS) is 18.8. The Morgan fingerprint density at radius 3 is 2.56 bits per heavy atom. The quantitative estimate of drug-likeness (QED) is 0.318. The van der Waals surface area contributed by atoms with Gasteiger partial charge in [0, 0.05) is 13.1 Å². The fourth-order valence-corrected chi connectivity index (χ4v) is 1.99. The summed E-state index contributed by atoms with van der Waals surface area (Å²) in [5, 5.41) is 14.8. The second-order valence-electron chi connectivity index (χ2n) is 4.32. The largest absolute Gasteiger partial charge is 0.346 e. The van der Waals surface area contributed by atoms with Gasteiger partial charge < -0.3 is 16.0 Å². The maximum absolute atomic E-state index is 9.88. The van der Waals surface area contributed by atoms with Crippen molar-refractivity contribution in [1.29, 1.82) is 0 Å². The van der Waals surface area contributed by atoms with Crippen molar-refractivity contribution in [2.75, 3.05) is 26.2 Å². The number of rotatable bonds is 5. The fourth-order valence-electron chi connectivity index (χ4n) is 1.99. The van der Waals surface area contributed by atoms with Crippen molar-refractivity contribution in [3.63, 3.8) is 0 Å². The van der Waals surface area contributed by atoms with Gasteiger partial charge in [-0.25, -0.2) is 10.1 Å². The van der Waals surface area contributed by atoms with E-state index in [0.717, 1.165) is 19.6 Å². The minimum Gasteiger partial charge on any atom is -0.346 e. The summed E-state index contributed by atoms with van der Waals surface area (Å²) in [4.78, 5) is 16.0. The number of hydrogen-bond donors (Lipinski definition) is 2. The summed E-state index contributed by atoms with van der Waals surface area (Å²) >= 11 is 0.